The van der Waals surface area contributed by atoms with Gasteiger partial charge in [0.25, 0.3) is 0 Å². The quantitative estimate of drug-likeness (QED) is 0.611. The standard InChI is InChI=1S/C10H11N3O/c1-13(2)7-9(6-12)10-8(5-11)3-4-14-10/h7H,3-4H2,1-2H3/b9-7+. The molecule has 0 spiro atoms. The zero-order valence-electron chi connectivity index (χ0n) is 8.24. The Morgan fingerprint density at radius 3 is 2.71 bits per heavy atom. The van der Waals surface area contributed by atoms with Crippen molar-refractivity contribution in [2.24, 2.45) is 0 Å². The highest BCUT2D eigenvalue weighted by Crippen LogP contribution is 2.24. The summed E-state index contributed by atoms with van der Waals surface area (Å²) in [7, 11) is 3.64. The molecule has 0 aromatic heterocycles. The summed E-state index contributed by atoms with van der Waals surface area (Å²) in [6.45, 7) is 0.491. The van der Waals surface area contributed by atoms with Gasteiger partial charge in [-0.05, 0) is 0 Å². The molecule has 0 saturated carbocycles. The minimum absolute atomic E-state index is 0.407. The molecule has 0 N–H and O–H groups in total. The summed E-state index contributed by atoms with van der Waals surface area (Å²) in [4.78, 5) is 1.75. The van der Waals surface area contributed by atoms with Crippen molar-refractivity contribution >= 4 is 0 Å². The summed E-state index contributed by atoms with van der Waals surface area (Å²) in [5.41, 5.74) is 0.962. The highest BCUT2D eigenvalue weighted by atomic mass is 16.5. The monoisotopic (exact) mass is 189 g/mol. The largest absolute Gasteiger partial charge is 0.491 e. The second kappa shape index (κ2) is 4.34. The Labute approximate surface area is 83.3 Å². The predicted molar refractivity (Wildman–Crippen MR) is 50.6 cm³/mol. The lowest BCUT2D eigenvalue weighted by Gasteiger charge is -2.07. The Bertz CT molecular complexity index is 366. The molecule has 1 aliphatic heterocycles. The van der Waals surface area contributed by atoms with Crippen molar-refractivity contribution in [2.45, 2.75) is 6.42 Å². The zero-order valence-corrected chi connectivity index (χ0v) is 8.24. The molecular weight excluding hydrogens is 178 g/mol. The van der Waals surface area contributed by atoms with Gasteiger partial charge in [-0.1, -0.05) is 0 Å². The van der Waals surface area contributed by atoms with Crippen molar-refractivity contribution in [2.75, 3.05) is 20.7 Å². The van der Waals surface area contributed by atoms with Gasteiger partial charge in [0, 0.05) is 26.7 Å². The van der Waals surface area contributed by atoms with Gasteiger partial charge in [0.05, 0.1) is 18.2 Å². The van der Waals surface area contributed by atoms with Gasteiger partial charge in [-0.25, -0.2) is 0 Å². The maximum Gasteiger partial charge on any atom is 0.152 e. The fourth-order valence-corrected chi connectivity index (χ4v) is 1.20. The third kappa shape index (κ3) is 2.05. The van der Waals surface area contributed by atoms with Crippen molar-refractivity contribution in [1.82, 2.24) is 4.90 Å². The van der Waals surface area contributed by atoms with E-state index in [1.807, 2.05) is 26.2 Å². The van der Waals surface area contributed by atoms with Crippen LogP contribution in [-0.4, -0.2) is 25.6 Å². The number of rotatable bonds is 2. The lowest BCUT2D eigenvalue weighted by atomic mass is 10.1. The van der Waals surface area contributed by atoms with E-state index in [0.29, 0.717) is 29.9 Å². The molecule has 4 heteroatoms. The molecule has 0 amide bonds. The van der Waals surface area contributed by atoms with Gasteiger partial charge in [0.2, 0.25) is 0 Å². The van der Waals surface area contributed by atoms with Gasteiger partial charge in [-0.15, -0.1) is 0 Å². The van der Waals surface area contributed by atoms with Gasteiger partial charge in [-0.2, -0.15) is 10.5 Å². The van der Waals surface area contributed by atoms with E-state index in [9.17, 15) is 0 Å². The fourth-order valence-electron chi connectivity index (χ4n) is 1.20. The molecule has 0 atom stereocenters. The second-order valence-electron chi connectivity index (χ2n) is 3.14. The van der Waals surface area contributed by atoms with Crippen LogP contribution in [0.3, 0.4) is 0 Å². The van der Waals surface area contributed by atoms with Crippen LogP contribution in [0.5, 0.6) is 0 Å². The van der Waals surface area contributed by atoms with Crippen LogP contribution in [0.4, 0.5) is 0 Å². The van der Waals surface area contributed by atoms with Crippen molar-refractivity contribution in [1.29, 1.82) is 10.5 Å². The van der Waals surface area contributed by atoms with E-state index < -0.39 is 0 Å². The van der Waals surface area contributed by atoms with Gasteiger partial charge in [-0.3, -0.25) is 0 Å². The molecular formula is C10H11N3O. The van der Waals surface area contributed by atoms with E-state index in [0.717, 1.165) is 0 Å². The highest BCUT2D eigenvalue weighted by molar-refractivity contribution is 5.46. The first kappa shape index (κ1) is 10.1. The number of nitrogens with zero attached hydrogens (tertiary/aromatic N) is 3. The molecule has 0 fully saturated rings. The van der Waals surface area contributed by atoms with Gasteiger partial charge >= 0.3 is 0 Å². The zero-order chi connectivity index (χ0) is 10.6. The average Bonchev–Trinajstić information content (AvgIpc) is 2.61. The van der Waals surface area contributed by atoms with Gasteiger partial charge < -0.3 is 9.64 Å². The van der Waals surface area contributed by atoms with Gasteiger partial charge in [0.1, 0.15) is 11.6 Å². The Morgan fingerprint density at radius 2 is 2.21 bits per heavy atom. The van der Waals surface area contributed by atoms with Gasteiger partial charge in [0.15, 0.2) is 5.76 Å². The molecule has 0 bridgehead atoms. The average molecular weight is 189 g/mol. The van der Waals surface area contributed by atoms with E-state index in [-0.39, 0.29) is 0 Å². The first-order valence-corrected chi connectivity index (χ1v) is 4.23. The van der Waals surface area contributed by atoms with Crippen LogP contribution < -0.4 is 0 Å². The summed E-state index contributed by atoms with van der Waals surface area (Å²) in [6.07, 6.45) is 2.25. The van der Waals surface area contributed by atoms with Crippen molar-refractivity contribution < 1.29 is 4.74 Å². The molecule has 4 nitrogen and oxygen atoms in total. The van der Waals surface area contributed by atoms with Crippen molar-refractivity contribution in [3.8, 4) is 12.1 Å². The molecule has 0 radical (unpaired) electrons. The lowest BCUT2D eigenvalue weighted by molar-refractivity contribution is 0.253. The normalized spacial score (nSPS) is 15.9. The van der Waals surface area contributed by atoms with Crippen LogP contribution in [0.2, 0.25) is 0 Å². The molecule has 72 valence electrons. The van der Waals surface area contributed by atoms with Crippen LogP contribution >= 0.6 is 0 Å². The maximum atomic E-state index is 8.88. The molecule has 14 heavy (non-hydrogen) atoms. The molecule has 1 aliphatic rings. The third-order valence-electron chi connectivity index (χ3n) is 1.76. The first-order chi connectivity index (χ1) is 6.69. The van der Waals surface area contributed by atoms with Crippen LogP contribution in [-0.2, 0) is 4.74 Å². The van der Waals surface area contributed by atoms with E-state index in [4.69, 9.17) is 15.3 Å². The molecule has 1 rings (SSSR count). The predicted octanol–water partition coefficient (Wildman–Crippen LogP) is 1.15. The lowest BCUT2D eigenvalue weighted by Crippen LogP contribution is -2.04. The molecule has 0 aromatic carbocycles. The highest BCUT2D eigenvalue weighted by Gasteiger charge is 2.19. The van der Waals surface area contributed by atoms with E-state index in [1.54, 1.807) is 11.1 Å². The van der Waals surface area contributed by atoms with E-state index in [2.05, 4.69) is 0 Å². The van der Waals surface area contributed by atoms with Crippen LogP contribution in [0, 0.1) is 22.7 Å². The molecule has 0 aliphatic carbocycles. The van der Waals surface area contributed by atoms with Crippen LogP contribution in [0.1, 0.15) is 6.42 Å². The fraction of sp³-hybridized carbons (Fsp3) is 0.400. The third-order valence-corrected chi connectivity index (χ3v) is 1.76. The van der Waals surface area contributed by atoms with Crippen molar-refractivity contribution in [3.05, 3.63) is 23.1 Å². The summed E-state index contributed by atoms with van der Waals surface area (Å²) in [5.74, 6) is 0.434. The smallest absolute Gasteiger partial charge is 0.152 e. The molecule has 0 aromatic rings. The number of ether oxygens (including phenoxy) is 1. The number of hydrogen-bond donors (Lipinski definition) is 0. The molecule has 0 unspecified atom stereocenters. The van der Waals surface area contributed by atoms with Crippen molar-refractivity contribution in [3.63, 3.8) is 0 Å². The Hall–Kier alpha value is -1.94. The SMILES string of the molecule is CN(C)/C=C(\C#N)C1=C(C#N)CCO1. The summed E-state index contributed by atoms with van der Waals surface area (Å²) >= 11 is 0. The maximum absolute atomic E-state index is 8.88. The number of nitriles is 2. The van der Waals surface area contributed by atoms with Crippen LogP contribution in [0.25, 0.3) is 0 Å². The van der Waals surface area contributed by atoms with E-state index in [1.165, 1.54) is 0 Å². The molecule has 0 saturated heterocycles. The topological polar surface area (TPSA) is 60.0 Å². The minimum atomic E-state index is 0.407. The summed E-state index contributed by atoms with van der Waals surface area (Å²) in [6, 6.07) is 4.07. The minimum Gasteiger partial charge on any atom is -0.491 e. The molecule has 1 heterocycles. The second-order valence-corrected chi connectivity index (χ2v) is 3.14. The van der Waals surface area contributed by atoms with Crippen LogP contribution in [0.15, 0.2) is 23.1 Å². The Balaban J connectivity index is 3.04. The summed E-state index contributed by atoms with van der Waals surface area (Å²) < 4.78 is 5.25. The number of hydrogen-bond acceptors (Lipinski definition) is 4. The summed E-state index contributed by atoms with van der Waals surface area (Å²) in [5, 5.41) is 17.7. The Morgan fingerprint density at radius 1 is 1.50 bits per heavy atom. The van der Waals surface area contributed by atoms with E-state index >= 15 is 0 Å². The Kier molecular flexibility index (Phi) is 3.14. The number of allylic oxidation sites excluding steroid dienone is 1. The first-order valence-electron chi connectivity index (χ1n) is 4.23.